The summed E-state index contributed by atoms with van der Waals surface area (Å²) in [6.07, 6.45) is 3.52. The van der Waals surface area contributed by atoms with Crippen LogP contribution < -0.4 is 10.1 Å². The molecule has 6 nitrogen and oxygen atoms in total. The summed E-state index contributed by atoms with van der Waals surface area (Å²) in [5.41, 5.74) is -0.244. The summed E-state index contributed by atoms with van der Waals surface area (Å²) >= 11 is 0. The van der Waals surface area contributed by atoms with Gasteiger partial charge in [-0.25, -0.2) is 19.2 Å². The molecule has 21 heavy (non-hydrogen) atoms. The molecule has 2 amide bonds. The highest BCUT2D eigenvalue weighted by atomic mass is 19.1. The summed E-state index contributed by atoms with van der Waals surface area (Å²) in [7, 11) is 0. The van der Waals surface area contributed by atoms with E-state index in [-0.39, 0.29) is 23.7 Å². The van der Waals surface area contributed by atoms with Crippen LogP contribution in [-0.4, -0.2) is 45.6 Å². The van der Waals surface area contributed by atoms with Gasteiger partial charge in [0, 0.05) is 31.5 Å². The van der Waals surface area contributed by atoms with E-state index in [1.54, 1.807) is 4.90 Å². The number of amides is 2. The average Bonchev–Trinajstić information content (AvgIpc) is 2.40. The van der Waals surface area contributed by atoms with E-state index in [0.29, 0.717) is 25.9 Å². The molecule has 1 N–H and O–H groups in total. The van der Waals surface area contributed by atoms with Crippen molar-refractivity contribution in [2.75, 3.05) is 13.1 Å². The van der Waals surface area contributed by atoms with Gasteiger partial charge in [0.2, 0.25) is 0 Å². The second-order valence-corrected chi connectivity index (χ2v) is 6.17. The van der Waals surface area contributed by atoms with Crippen molar-refractivity contribution in [1.82, 2.24) is 20.2 Å². The smallest absolute Gasteiger partial charge is 0.317 e. The van der Waals surface area contributed by atoms with Gasteiger partial charge in [0.25, 0.3) is 0 Å². The largest absolute Gasteiger partial charge is 0.460 e. The number of nitrogens with one attached hydrogen (secondary N) is 1. The van der Waals surface area contributed by atoms with E-state index >= 15 is 0 Å². The van der Waals surface area contributed by atoms with Crippen molar-refractivity contribution in [3.63, 3.8) is 0 Å². The van der Waals surface area contributed by atoms with Gasteiger partial charge in [-0.05, 0) is 20.8 Å². The maximum absolute atomic E-state index is 12.7. The number of piperidine rings is 1. The van der Waals surface area contributed by atoms with Gasteiger partial charge in [0.05, 0.1) is 12.4 Å². The molecule has 1 fully saturated rings. The van der Waals surface area contributed by atoms with Crippen LogP contribution in [0.1, 0.15) is 33.6 Å². The van der Waals surface area contributed by atoms with Crippen LogP contribution in [0, 0.1) is 5.82 Å². The summed E-state index contributed by atoms with van der Waals surface area (Å²) in [5.74, 6) is -0.490. The molecule has 2 heterocycles. The van der Waals surface area contributed by atoms with Crippen LogP contribution in [0.25, 0.3) is 0 Å². The molecule has 0 aliphatic carbocycles. The zero-order valence-corrected chi connectivity index (χ0v) is 12.6. The van der Waals surface area contributed by atoms with Crippen LogP contribution >= 0.6 is 0 Å². The number of hydrogen-bond acceptors (Lipinski definition) is 4. The second kappa shape index (κ2) is 6.24. The Bertz CT molecular complexity index is 479. The Morgan fingerprint density at radius 2 is 1.90 bits per heavy atom. The zero-order chi connectivity index (χ0) is 15.5. The third-order valence-electron chi connectivity index (χ3n) is 3.08. The molecule has 0 unspecified atom stereocenters. The lowest BCUT2D eigenvalue weighted by Crippen LogP contribution is -2.51. The van der Waals surface area contributed by atoms with E-state index in [2.05, 4.69) is 15.3 Å². The Morgan fingerprint density at radius 3 is 2.43 bits per heavy atom. The highest BCUT2D eigenvalue weighted by Crippen LogP contribution is 2.16. The van der Waals surface area contributed by atoms with Crippen molar-refractivity contribution in [3.05, 3.63) is 18.2 Å². The van der Waals surface area contributed by atoms with E-state index in [9.17, 15) is 9.18 Å². The molecule has 0 spiro atoms. The molecule has 0 atom stereocenters. The predicted molar refractivity (Wildman–Crippen MR) is 75.5 cm³/mol. The maximum Gasteiger partial charge on any atom is 0.317 e. The Morgan fingerprint density at radius 1 is 1.33 bits per heavy atom. The molecule has 1 aromatic heterocycles. The number of ether oxygens (including phenoxy) is 1. The van der Waals surface area contributed by atoms with Crippen molar-refractivity contribution >= 4 is 6.03 Å². The number of halogens is 1. The molecule has 0 radical (unpaired) electrons. The van der Waals surface area contributed by atoms with Gasteiger partial charge in [-0.1, -0.05) is 0 Å². The first kappa shape index (κ1) is 15.5. The van der Waals surface area contributed by atoms with Crippen molar-refractivity contribution in [2.45, 2.75) is 45.3 Å². The summed E-state index contributed by atoms with van der Waals surface area (Å²) in [5, 5.41) is 2.94. The Hall–Kier alpha value is -1.92. The number of carbonyl (C=O) groups excluding carboxylic acids is 1. The first-order valence-electron chi connectivity index (χ1n) is 7.05. The SMILES string of the molecule is CC(C)(C)NC(=O)N1CCC(Oc2ncc(F)cn2)CC1. The molecular formula is C14H21FN4O2. The van der Waals surface area contributed by atoms with Crippen LogP contribution in [0.5, 0.6) is 6.01 Å². The lowest BCUT2D eigenvalue weighted by atomic mass is 10.1. The van der Waals surface area contributed by atoms with Gasteiger partial charge in [-0.2, -0.15) is 0 Å². The average molecular weight is 296 g/mol. The first-order chi connectivity index (χ1) is 9.83. The van der Waals surface area contributed by atoms with Crippen molar-refractivity contribution < 1.29 is 13.9 Å². The molecule has 2 rings (SSSR count). The van der Waals surface area contributed by atoms with Gasteiger partial charge in [0.15, 0.2) is 5.82 Å². The highest BCUT2D eigenvalue weighted by Gasteiger charge is 2.26. The Labute approximate surface area is 123 Å². The molecule has 7 heteroatoms. The van der Waals surface area contributed by atoms with Gasteiger partial charge in [-0.3, -0.25) is 0 Å². The topological polar surface area (TPSA) is 67.4 Å². The fraction of sp³-hybridized carbons (Fsp3) is 0.643. The van der Waals surface area contributed by atoms with E-state index < -0.39 is 5.82 Å². The highest BCUT2D eigenvalue weighted by molar-refractivity contribution is 5.75. The lowest BCUT2D eigenvalue weighted by Gasteiger charge is -2.33. The molecule has 0 bridgehead atoms. The fourth-order valence-corrected chi connectivity index (χ4v) is 2.09. The summed E-state index contributed by atoms with van der Waals surface area (Å²) in [6, 6.07) is 0.118. The molecule has 1 saturated heterocycles. The minimum Gasteiger partial charge on any atom is -0.460 e. The minimum absolute atomic E-state index is 0.0471. The number of urea groups is 1. The van der Waals surface area contributed by atoms with E-state index in [0.717, 1.165) is 12.4 Å². The lowest BCUT2D eigenvalue weighted by molar-refractivity contribution is 0.101. The second-order valence-electron chi connectivity index (χ2n) is 6.17. The standard InChI is InChI=1S/C14H21FN4O2/c1-14(2,3)18-13(20)19-6-4-11(5-7-19)21-12-16-8-10(15)9-17-12/h8-9,11H,4-7H2,1-3H3,(H,18,20). The normalized spacial score (nSPS) is 16.7. The Balaban J connectivity index is 1.80. The van der Waals surface area contributed by atoms with Crippen LogP contribution in [0.3, 0.4) is 0 Å². The monoisotopic (exact) mass is 296 g/mol. The quantitative estimate of drug-likeness (QED) is 0.906. The van der Waals surface area contributed by atoms with Crippen molar-refractivity contribution in [3.8, 4) is 6.01 Å². The number of carbonyl (C=O) groups is 1. The third-order valence-corrected chi connectivity index (χ3v) is 3.08. The van der Waals surface area contributed by atoms with Crippen LogP contribution in [0.4, 0.5) is 9.18 Å². The maximum atomic E-state index is 12.7. The van der Waals surface area contributed by atoms with Gasteiger partial charge >= 0.3 is 12.0 Å². The first-order valence-corrected chi connectivity index (χ1v) is 7.05. The van der Waals surface area contributed by atoms with Crippen molar-refractivity contribution in [2.24, 2.45) is 0 Å². The molecule has 1 aromatic rings. The van der Waals surface area contributed by atoms with E-state index in [1.165, 1.54) is 0 Å². The van der Waals surface area contributed by atoms with E-state index in [1.807, 2.05) is 20.8 Å². The predicted octanol–water partition coefficient (Wildman–Crippen LogP) is 1.97. The summed E-state index contributed by atoms with van der Waals surface area (Å²) in [4.78, 5) is 21.3. The molecule has 1 aliphatic heterocycles. The summed E-state index contributed by atoms with van der Waals surface area (Å²) in [6.45, 7) is 7.09. The van der Waals surface area contributed by atoms with Crippen LogP contribution in [-0.2, 0) is 0 Å². The molecule has 0 aromatic carbocycles. The fourth-order valence-electron chi connectivity index (χ4n) is 2.09. The number of rotatable bonds is 2. The van der Waals surface area contributed by atoms with Crippen LogP contribution in [0.15, 0.2) is 12.4 Å². The number of aromatic nitrogens is 2. The molecular weight excluding hydrogens is 275 g/mol. The van der Waals surface area contributed by atoms with Crippen LogP contribution in [0.2, 0.25) is 0 Å². The number of likely N-dealkylation sites (tertiary alicyclic amines) is 1. The van der Waals surface area contributed by atoms with Crippen molar-refractivity contribution in [1.29, 1.82) is 0 Å². The molecule has 0 saturated carbocycles. The number of hydrogen-bond donors (Lipinski definition) is 1. The zero-order valence-electron chi connectivity index (χ0n) is 12.6. The molecule has 116 valence electrons. The third kappa shape index (κ3) is 4.84. The Kier molecular flexibility index (Phi) is 4.59. The minimum atomic E-state index is -0.490. The van der Waals surface area contributed by atoms with Gasteiger partial charge < -0.3 is 15.0 Å². The van der Waals surface area contributed by atoms with E-state index in [4.69, 9.17) is 4.74 Å². The summed E-state index contributed by atoms with van der Waals surface area (Å²) < 4.78 is 18.3. The molecule has 1 aliphatic rings. The van der Waals surface area contributed by atoms with Gasteiger partial charge in [-0.15, -0.1) is 0 Å². The van der Waals surface area contributed by atoms with Gasteiger partial charge in [0.1, 0.15) is 6.10 Å². The number of nitrogens with zero attached hydrogens (tertiary/aromatic N) is 3.